The van der Waals surface area contributed by atoms with Gasteiger partial charge >= 0.3 is 0 Å². The average molecular weight is 276 g/mol. The Bertz CT molecular complexity index is 415. The predicted molar refractivity (Wildman–Crippen MR) is 85.2 cm³/mol. The highest BCUT2D eigenvalue weighted by Gasteiger charge is 2.25. The zero-order valence-electron chi connectivity index (χ0n) is 13.1. The number of rotatable bonds is 9. The summed E-state index contributed by atoms with van der Waals surface area (Å²) >= 11 is 0. The SMILES string of the molecule is CCCc1c(NCC)ncnc1NC(CC)CC1CC1. The van der Waals surface area contributed by atoms with Crippen LogP contribution < -0.4 is 10.6 Å². The van der Waals surface area contributed by atoms with Crippen molar-refractivity contribution in [3.8, 4) is 0 Å². The standard InChI is InChI=1S/C16H28N4/c1-4-7-14-15(17-6-3)18-11-19-16(14)20-13(5-2)10-12-8-9-12/h11-13H,4-10H2,1-3H3,(H2,17,18,19,20). The molecule has 0 spiro atoms. The molecule has 0 radical (unpaired) electrons. The molecule has 1 aromatic heterocycles. The van der Waals surface area contributed by atoms with E-state index in [1.54, 1.807) is 6.33 Å². The Morgan fingerprint density at radius 1 is 1.20 bits per heavy atom. The summed E-state index contributed by atoms with van der Waals surface area (Å²) in [5.74, 6) is 2.97. The van der Waals surface area contributed by atoms with Gasteiger partial charge in [-0.05, 0) is 32.1 Å². The van der Waals surface area contributed by atoms with Crippen LogP contribution in [0, 0.1) is 5.92 Å². The molecule has 0 bridgehead atoms. The predicted octanol–water partition coefficient (Wildman–Crippen LogP) is 3.85. The maximum absolute atomic E-state index is 4.49. The molecule has 1 heterocycles. The number of anilines is 2. The monoisotopic (exact) mass is 276 g/mol. The third-order valence-corrected chi connectivity index (χ3v) is 3.94. The number of aromatic nitrogens is 2. The van der Waals surface area contributed by atoms with Crippen molar-refractivity contribution in [3.63, 3.8) is 0 Å². The van der Waals surface area contributed by atoms with Gasteiger partial charge in [-0.1, -0.05) is 33.1 Å². The van der Waals surface area contributed by atoms with Crippen molar-refractivity contribution in [2.24, 2.45) is 5.92 Å². The maximum Gasteiger partial charge on any atom is 0.134 e. The molecule has 0 amide bonds. The number of hydrogen-bond donors (Lipinski definition) is 2. The van der Waals surface area contributed by atoms with Gasteiger partial charge in [0.2, 0.25) is 0 Å². The molecule has 1 saturated carbocycles. The smallest absolute Gasteiger partial charge is 0.134 e. The van der Waals surface area contributed by atoms with Crippen LogP contribution in [0.1, 0.15) is 58.4 Å². The maximum atomic E-state index is 4.49. The summed E-state index contributed by atoms with van der Waals surface area (Å²) in [6.45, 7) is 7.46. The molecule has 1 unspecified atom stereocenters. The van der Waals surface area contributed by atoms with E-state index in [4.69, 9.17) is 0 Å². The van der Waals surface area contributed by atoms with Crippen LogP contribution in [0.15, 0.2) is 6.33 Å². The molecule has 1 fully saturated rings. The topological polar surface area (TPSA) is 49.8 Å². The Morgan fingerprint density at radius 3 is 2.55 bits per heavy atom. The summed E-state index contributed by atoms with van der Waals surface area (Å²) in [7, 11) is 0. The van der Waals surface area contributed by atoms with Gasteiger partial charge in [-0.3, -0.25) is 0 Å². The van der Waals surface area contributed by atoms with Crippen molar-refractivity contribution in [3.05, 3.63) is 11.9 Å². The van der Waals surface area contributed by atoms with Crippen molar-refractivity contribution in [1.82, 2.24) is 9.97 Å². The first-order chi connectivity index (χ1) is 9.78. The molecule has 20 heavy (non-hydrogen) atoms. The zero-order valence-corrected chi connectivity index (χ0v) is 13.1. The van der Waals surface area contributed by atoms with Gasteiger partial charge < -0.3 is 10.6 Å². The lowest BCUT2D eigenvalue weighted by molar-refractivity contribution is 0.584. The minimum Gasteiger partial charge on any atom is -0.370 e. The molecule has 1 aromatic rings. The van der Waals surface area contributed by atoms with Gasteiger partial charge in [-0.25, -0.2) is 9.97 Å². The van der Waals surface area contributed by atoms with E-state index in [2.05, 4.69) is 41.4 Å². The van der Waals surface area contributed by atoms with Crippen LogP contribution in [0.2, 0.25) is 0 Å². The second kappa shape index (κ2) is 7.46. The van der Waals surface area contributed by atoms with Crippen LogP contribution in [-0.4, -0.2) is 22.6 Å². The minimum atomic E-state index is 0.544. The molecule has 2 N–H and O–H groups in total. The number of nitrogens with zero attached hydrogens (tertiary/aromatic N) is 2. The van der Waals surface area contributed by atoms with Crippen LogP contribution in [0.4, 0.5) is 11.6 Å². The second-order valence-electron chi connectivity index (χ2n) is 5.76. The van der Waals surface area contributed by atoms with Crippen LogP contribution in [0.5, 0.6) is 0 Å². The van der Waals surface area contributed by atoms with Gasteiger partial charge in [0, 0.05) is 18.2 Å². The third kappa shape index (κ3) is 4.09. The molecular weight excluding hydrogens is 248 g/mol. The Kier molecular flexibility index (Phi) is 5.62. The van der Waals surface area contributed by atoms with Gasteiger partial charge in [-0.2, -0.15) is 0 Å². The number of hydrogen-bond acceptors (Lipinski definition) is 4. The first-order valence-electron chi connectivity index (χ1n) is 8.12. The molecule has 4 heteroatoms. The molecule has 1 atom stereocenters. The first-order valence-corrected chi connectivity index (χ1v) is 8.12. The fourth-order valence-electron chi connectivity index (χ4n) is 2.62. The normalized spacial score (nSPS) is 15.9. The van der Waals surface area contributed by atoms with Crippen molar-refractivity contribution in [2.75, 3.05) is 17.2 Å². The fourth-order valence-corrected chi connectivity index (χ4v) is 2.62. The van der Waals surface area contributed by atoms with E-state index >= 15 is 0 Å². The van der Waals surface area contributed by atoms with E-state index in [-0.39, 0.29) is 0 Å². The fraction of sp³-hybridized carbons (Fsp3) is 0.750. The van der Waals surface area contributed by atoms with Crippen molar-refractivity contribution < 1.29 is 0 Å². The van der Waals surface area contributed by atoms with E-state index in [0.29, 0.717) is 6.04 Å². The molecule has 1 aliphatic rings. The molecule has 0 aromatic carbocycles. The molecular formula is C16H28N4. The van der Waals surface area contributed by atoms with E-state index < -0.39 is 0 Å². The largest absolute Gasteiger partial charge is 0.370 e. The highest BCUT2D eigenvalue weighted by Crippen LogP contribution is 2.35. The van der Waals surface area contributed by atoms with E-state index in [1.807, 2.05) is 0 Å². The Morgan fingerprint density at radius 2 is 1.95 bits per heavy atom. The van der Waals surface area contributed by atoms with Crippen molar-refractivity contribution >= 4 is 11.6 Å². The van der Waals surface area contributed by atoms with Gasteiger partial charge in [0.05, 0.1) is 0 Å². The number of nitrogens with one attached hydrogen (secondary N) is 2. The third-order valence-electron chi connectivity index (χ3n) is 3.94. The molecule has 0 saturated heterocycles. The summed E-state index contributed by atoms with van der Waals surface area (Å²) in [6.07, 6.45) is 9.05. The van der Waals surface area contributed by atoms with Crippen molar-refractivity contribution in [2.45, 2.75) is 65.3 Å². The molecule has 1 aliphatic carbocycles. The summed E-state index contributed by atoms with van der Waals surface area (Å²) < 4.78 is 0. The second-order valence-corrected chi connectivity index (χ2v) is 5.76. The van der Waals surface area contributed by atoms with Crippen LogP contribution in [-0.2, 0) is 6.42 Å². The van der Waals surface area contributed by atoms with E-state index in [0.717, 1.165) is 43.4 Å². The molecule has 0 aliphatic heterocycles. The highest BCUT2D eigenvalue weighted by molar-refractivity contribution is 5.57. The molecule has 112 valence electrons. The van der Waals surface area contributed by atoms with Crippen LogP contribution >= 0.6 is 0 Å². The van der Waals surface area contributed by atoms with Gasteiger partial charge in [0.15, 0.2) is 0 Å². The first kappa shape index (κ1) is 15.1. The lowest BCUT2D eigenvalue weighted by Gasteiger charge is -2.20. The summed E-state index contributed by atoms with van der Waals surface area (Å²) in [6, 6.07) is 0.544. The summed E-state index contributed by atoms with van der Waals surface area (Å²) in [5.41, 5.74) is 1.24. The molecule has 4 nitrogen and oxygen atoms in total. The van der Waals surface area contributed by atoms with Crippen LogP contribution in [0.3, 0.4) is 0 Å². The lowest BCUT2D eigenvalue weighted by atomic mass is 10.1. The van der Waals surface area contributed by atoms with E-state index in [1.165, 1.54) is 24.8 Å². The summed E-state index contributed by atoms with van der Waals surface area (Å²) in [4.78, 5) is 8.89. The van der Waals surface area contributed by atoms with Crippen LogP contribution in [0.25, 0.3) is 0 Å². The lowest BCUT2D eigenvalue weighted by Crippen LogP contribution is -2.21. The quantitative estimate of drug-likeness (QED) is 0.719. The summed E-state index contributed by atoms with van der Waals surface area (Å²) in [5, 5.41) is 7.02. The van der Waals surface area contributed by atoms with Gasteiger partial charge in [0.1, 0.15) is 18.0 Å². The Balaban J connectivity index is 2.12. The zero-order chi connectivity index (χ0) is 14.4. The minimum absolute atomic E-state index is 0.544. The van der Waals surface area contributed by atoms with Crippen molar-refractivity contribution in [1.29, 1.82) is 0 Å². The average Bonchev–Trinajstić information content (AvgIpc) is 3.26. The Labute approximate surface area is 122 Å². The van der Waals surface area contributed by atoms with Gasteiger partial charge in [-0.15, -0.1) is 0 Å². The Hall–Kier alpha value is -1.32. The molecule has 2 rings (SSSR count). The van der Waals surface area contributed by atoms with E-state index in [9.17, 15) is 0 Å². The van der Waals surface area contributed by atoms with Gasteiger partial charge in [0.25, 0.3) is 0 Å². The highest BCUT2D eigenvalue weighted by atomic mass is 15.1.